The number of hydrogen-bond donors (Lipinski definition) is 0. The van der Waals surface area contributed by atoms with E-state index in [1.54, 1.807) is 25.6 Å². The number of aromatic nitrogens is 2. The van der Waals surface area contributed by atoms with Crippen molar-refractivity contribution in [3.63, 3.8) is 0 Å². The van der Waals surface area contributed by atoms with Gasteiger partial charge in [-0.25, -0.2) is 9.97 Å². The average molecular weight is 682 g/mol. The number of fused-ring (bicyclic) bond motifs is 2. The predicted octanol–water partition coefficient (Wildman–Crippen LogP) is 11.2. The number of rotatable bonds is 10. The molecule has 2 aromatic heterocycles. The molecule has 0 unspecified atom stereocenters. The minimum Gasteiger partial charge on any atom is -0.497 e. The molecular weight excluding hydrogens is 659 g/mol. The number of azo groups is 2. The van der Waals surface area contributed by atoms with Crippen LogP contribution >= 0.6 is 22.7 Å². The molecule has 2 heterocycles. The first-order valence-corrected chi connectivity index (χ1v) is 16.3. The minimum atomic E-state index is -0.447. The molecule has 0 radical (unpaired) electrons. The summed E-state index contributed by atoms with van der Waals surface area (Å²) in [5, 5.41) is 29.0. The lowest BCUT2D eigenvalue weighted by Gasteiger charge is -1.98. The summed E-state index contributed by atoms with van der Waals surface area (Å²) in [6, 6.07) is 33.0. The highest BCUT2D eigenvalue weighted by molar-refractivity contribution is 7.22. The van der Waals surface area contributed by atoms with Gasteiger partial charge in [0.05, 0.1) is 55.2 Å². The van der Waals surface area contributed by atoms with Crippen molar-refractivity contribution in [2.45, 2.75) is 0 Å². The normalized spacial score (nSPS) is 12.0. The summed E-state index contributed by atoms with van der Waals surface area (Å²) in [4.78, 5) is 28.5. The quantitative estimate of drug-likeness (QED) is 0.0608. The highest BCUT2D eigenvalue weighted by Crippen LogP contribution is 2.33. The van der Waals surface area contributed by atoms with E-state index in [1.807, 2.05) is 91.0 Å². The Bertz CT molecular complexity index is 2400. The standard InChI is InChI=1S/C35H23N9O3S2/c1-47-29-15-17-33-31(19-29)39-35(49-33)43-41-27-12-8-25(9-13-27)37-21-23-4-2-22(3-5-23)20-36-24-6-10-26(11-7-24)40-42-34-38-30-18-28(44(45)46)14-16-32(30)48-34/h2-21H,1H3. The van der Waals surface area contributed by atoms with Crippen molar-refractivity contribution in [1.82, 2.24) is 9.97 Å². The molecule has 5 aromatic carbocycles. The second-order valence-corrected chi connectivity index (χ2v) is 12.4. The number of ether oxygens (including phenoxy) is 1. The Morgan fingerprint density at radius 3 is 1.57 bits per heavy atom. The van der Waals surface area contributed by atoms with Crippen molar-refractivity contribution in [2.75, 3.05) is 7.11 Å². The molecule has 14 heteroatoms. The molecule has 7 rings (SSSR count). The first-order chi connectivity index (χ1) is 24.0. The van der Waals surface area contributed by atoms with Crippen LogP contribution in [0.15, 0.2) is 140 Å². The van der Waals surface area contributed by atoms with Crippen LogP contribution in [-0.4, -0.2) is 34.4 Å². The summed E-state index contributed by atoms with van der Waals surface area (Å²) in [5.41, 5.74) is 6.15. The zero-order valence-electron chi connectivity index (χ0n) is 25.6. The molecule has 0 saturated heterocycles. The van der Waals surface area contributed by atoms with Crippen LogP contribution in [0.2, 0.25) is 0 Å². The Hall–Kier alpha value is -6.38. The van der Waals surface area contributed by atoms with Crippen LogP contribution in [0.1, 0.15) is 11.1 Å². The fourth-order valence-corrected chi connectivity index (χ4v) is 6.04. The van der Waals surface area contributed by atoms with Crippen molar-refractivity contribution < 1.29 is 9.66 Å². The first kappa shape index (κ1) is 31.2. The van der Waals surface area contributed by atoms with E-state index in [4.69, 9.17) is 4.74 Å². The van der Waals surface area contributed by atoms with Gasteiger partial charge in [0.15, 0.2) is 0 Å². The van der Waals surface area contributed by atoms with Crippen LogP contribution in [0.4, 0.5) is 38.7 Å². The summed E-state index contributed by atoms with van der Waals surface area (Å²) in [6.45, 7) is 0. The summed E-state index contributed by atoms with van der Waals surface area (Å²) in [7, 11) is 1.63. The lowest BCUT2D eigenvalue weighted by molar-refractivity contribution is -0.384. The van der Waals surface area contributed by atoms with Crippen LogP contribution in [0, 0.1) is 10.1 Å². The molecule has 0 atom stereocenters. The molecule has 0 saturated carbocycles. The number of thiazole rings is 2. The zero-order chi connectivity index (χ0) is 33.6. The molecule has 0 bridgehead atoms. The van der Waals surface area contributed by atoms with Crippen LogP contribution in [0.25, 0.3) is 20.4 Å². The number of nitro benzene ring substituents is 1. The van der Waals surface area contributed by atoms with E-state index in [2.05, 4.69) is 40.4 Å². The predicted molar refractivity (Wildman–Crippen MR) is 195 cm³/mol. The average Bonchev–Trinajstić information content (AvgIpc) is 3.75. The first-order valence-electron chi connectivity index (χ1n) is 14.7. The minimum absolute atomic E-state index is 0.00901. The number of methoxy groups -OCH3 is 1. The Morgan fingerprint density at radius 2 is 1.08 bits per heavy atom. The van der Waals surface area contributed by atoms with Gasteiger partial charge >= 0.3 is 0 Å². The van der Waals surface area contributed by atoms with E-state index in [0.717, 1.165) is 43.2 Å². The van der Waals surface area contributed by atoms with E-state index in [-0.39, 0.29) is 5.69 Å². The van der Waals surface area contributed by atoms with Crippen molar-refractivity contribution >= 4 is 94.2 Å². The third-order valence-electron chi connectivity index (χ3n) is 7.02. The molecule has 0 aliphatic rings. The summed E-state index contributed by atoms with van der Waals surface area (Å²) in [6.07, 6.45) is 3.59. The van der Waals surface area contributed by atoms with Crippen LogP contribution in [0.3, 0.4) is 0 Å². The van der Waals surface area contributed by atoms with E-state index in [0.29, 0.717) is 27.2 Å². The SMILES string of the molecule is COc1ccc2sc(N=Nc3ccc(N=Cc4ccc(C=Nc5ccc(N=Nc6nc7cc([N+](=O)[O-])ccc7s6)cc5)cc4)cc3)nc2c1. The van der Waals surface area contributed by atoms with Gasteiger partial charge in [-0.1, -0.05) is 46.9 Å². The van der Waals surface area contributed by atoms with Gasteiger partial charge in [-0.2, -0.15) is 0 Å². The third-order valence-corrected chi connectivity index (χ3v) is 8.86. The fourth-order valence-electron chi connectivity index (χ4n) is 4.50. The molecule has 0 amide bonds. The monoisotopic (exact) mass is 681 g/mol. The highest BCUT2D eigenvalue weighted by atomic mass is 32.1. The van der Waals surface area contributed by atoms with Crippen LogP contribution in [-0.2, 0) is 0 Å². The number of nitrogens with zero attached hydrogens (tertiary/aromatic N) is 9. The zero-order valence-corrected chi connectivity index (χ0v) is 27.2. The second kappa shape index (κ2) is 14.2. The lowest BCUT2D eigenvalue weighted by atomic mass is 10.1. The summed E-state index contributed by atoms with van der Waals surface area (Å²) < 4.78 is 7.08. The Morgan fingerprint density at radius 1 is 0.612 bits per heavy atom. The van der Waals surface area contributed by atoms with E-state index < -0.39 is 4.92 Å². The number of benzene rings is 5. The topological polar surface area (TPSA) is 152 Å². The van der Waals surface area contributed by atoms with Crippen molar-refractivity contribution in [1.29, 1.82) is 0 Å². The molecule has 238 valence electrons. The molecule has 0 aliphatic carbocycles. The number of nitro groups is 1. The van der Waals surface area contributed by atoms with Crippen molar-refractivity contribution in [2.24, 2.45) is 30.4 Å². The van der Waals surface area contributed by atoms with Crippen molar-refractivity contribution in [3.05, 3.63) is 130 Å². The highest BCUT2D eigenvalue weighted by Gasteiger charge is 2.10. The van der Waals surface area contributed by atoms with Gasteiger partial charge in [0.2, 0.25) is 10.3 Å². The number of non-ortho nitro benzene ring substituents is 1. The van der Waals surface area contributed by atoms with Crippen molar-refractivity contribution in [3.8, 4) is 5.75 Å². The van der Waals surface area contributed by atoms with E-state index in [1.165, 1.54) is 34.8 Å². The van der Waals surface area contributed by atoms with E-state index >= 15 is 0 Å². The van der Waals surface area contributed by atoms with Gasteiger partial charge in [0.1, 0.15) is 5.75 Å². The Labute approximate surface area is 286 Å². The molecule has 0 aliphatic heterocycles. The van der Waals surface area contributed by atoms with Crippen LogP contribution in [0.5, 0.6) is 5.75 Å². The van der Waals surface area contributed by atoms with Gasteiger partial charge in [-0.15, -0.1) is 20.5 Å². The van der Waals surface area contributed by atoms with Gasteiger partial charge in [0.25, 0.3) is 5.69 Å². The summed E-state index contributed by atoms with van der Waals surface area (Å²) in [5.74, 6) is 0.756. The fraction of sp³-hybridized carbons (Fsp3) is 0.0286. The molecule has 7 aromatic rings. The lowest BCUT2D eigenvalue weighted by Crippen LogP contribution is -1.86. The molecule has 12 nitrogen and oxygen atoms in total. The van der Waals surface area contributed by atoms with E-state index in [9.17, 15) is 10.1 Å². The number of hydrogen-bond acceptors (Lipinski definition) is 13. The Balaban J connectivity index is 0.919. The maximum Gasteiger partial charge on any atom is 0.271 e. The van der Waals surface area contributed by atoms with Gasteiger partial charge in [-0.05, 0) is 77.9 Å². The molecule has 0 N–H and O–H groups in total. The largest absolute Gasteiger partial charge is 0.497 e. The smallest absolute Gasteiger partial charge is 0.271 e. The second-order valence-electron chi connectivity index (χ2n) is 10.4. The van der Waals surface area contributed by atoms with Gasteiger partial charge in [-0.3, -0.25) is 20.1 Å². The molecular formula is C35H23N9O3S2. The Kier molecular flexibility index (Phi) is 9.03. The molecule has 49 heavy (non-hydrogen) atoms. The maximum atomic E-state index is 11.0. The van der Waals surface area contributed by atoms with Crippen LogP contribution < -0.4 is 4.74 Å². The maximum absolute atomic E-state index is 11.0. The number of aliphatic imine (C=N–C) groups is 2. The molecule has 0 spiro atoms. The summed E-state index contributed by atoms with van der Waals surface area (Å²) >= 11 is 2.78. The van der Waals surface area contributed by atoms with Gasteiger partial charge < -0.3 is 4.74 Å². The third kappa shape index (κ3) is 7.78. The van der Waals surface area contributed by atoms with Gasteiger partial charge in [0, 0.05) is 30.6 Å². The molecule has 0 fully saturated rings.